The van der Waals surface area contributed by atoms with E-state index in [2.05, 4.69) is 170 Å². The van der Waals surface area contributed by atoms with Gasteiger partial charge in [-0.1, -0.05) is 135 Å². The molecule has 0 aliphatic heterocycles. The fraction of sp³-hybridized carbons (Fsp3) is 0. The highest BCUT2D eigenvalue weighted by Gasteiger charge is 2.14. The van der Waals surface area contributed by atoms with Crippen LogP contribution >= 0.6 is 11.3 Å². The van der Waals surface area contributed by atoms with Gasteiger partial charge in [0.2, 0.25) is 0 Å². The molecule has 2 heterocycles. The van der Waals surface area contributed by atoms with Crippen molar-refractivity contribution in [2.45, 2.75) is 0 Å². The molecule has 8 aromatic rings. The van der Waals surface area contributed by atoms with Gasteiger partial charge in [-0.3, -0.25) is 0 Å². The van der Waals surface area contributed by atoms with E-state index in [-0.39, 0.29) is 0 Å². The molecule has 1 nitrogen and oxygen atoms in total. The predicted molar refractivity (Wildman–Crippen MR) is 222 cm³/mol. The SMILES string of the molecule is C=CC=Cc1cc2ccccc2cc1C=C(C=C)C(C=Cc1ccc2c(c1)c1ccccc1n2-c1ccc2sc3ccccc3c2c1)=CC=C. The predicted octanol–water partition coefficient (Wildman–Crippen LogP) is 13.9. The lowest BCUT2D eigenvalue weighted by molar-refractivity contribution is 1.19. The van der Waals surface area contributed by atoms with Crippen LogP contribution in [0.4, 0.5) is 0 Å². The van der Waals surface area contributed by atoms with Crippen LogP contribution in [0.15, 0.2) is 189 Å². The Kier molecular flexibility index (Phi) is 8.30. The number of allylic oxidation sites excluding steroid dienone is 8. The quantitative estimate of drug-likeness (QED) is 0.136. The summed E-state index contributed by atoms with van der Waals surface area (Å²) < 4.78 is 5.03. The average Bonchev–Trinajstić information content (AvgIpc) is 3.69. The monoisotopic (exact) mass is 657 g/mol. The summed E-state index contributed by atoms with van der Waals surface area (Å²) in [6.07, 6.45) is 18.2. The zero-order chi connectivity index (χ0) is 34.0. The fourth-order valence-electron chi connectivity index (χ4n) is 6.93. The van der Waals surface area contributed by atoms with Crippen molar-refractivity contribution in [3.8, 4) is 5.69 Å². The Bertz CT molecular complexity index is 2760. The maximum absolute atomic E-state index is 4.19. The maximum atomic E-state index is 4.19. The first kappa shape index (κ1) is 31.1. The van der Waals surface area contributed by atoms with Crippen molar-refractivity contribution in [1.82, 2.24) is 4.57 Å². The summed E-state index contributed by atoms with van der Waals surface area (Å²) in [5.41, 5.74) is 8.96. The van der Waals surface area contributed by atoms with Crippen LogP contribution in [0.3, 0.4) is 0 Å². The average molecular weight is 658 g/mol. The summed E-state index contributed by atoms with van der Waals surface area (Å²) in [6.45, 7) is 12.1. The zero-order valence-corrected chi connectivity index (χ0v) is 28.5. The molecule has 0 saturated carbocycles. The number of rotatable bonds is 9. The molecule has 0 fully saturated rings. The van der Waals surface area contributed by atoms with Crippen molar-refractivity contribution in [2.24, 2.45) is 0 Å². The third kappa shape index (κ3) is 5.66. The Morgan fingerprint density at radius 1 is 0.560 bits per heavy atom. The Morgan fingerprint density at radius 2 is 1.28 bits per heavy atom. The molecule has 8 rings (SSSR count). The Morgan fingerprint density at radius 3 is 2.08 bits per heavy atom. The minimum absolute atomic E-state index is 1.01. The van der Waals surface area contributed by atoms with Gasteiger partial charge in [0.05, 0.1) is 11.0 Å². The van der Waals surface area contributed by atoms with Gasteiger partial charge in [0.15, 0.2) is 0 Å². The van der Waals surface area contributed by atoms with E-state index in [1.54, 1.807) is 6.08 Å². The van der Waals surface area contributed by atoms with Crippen molar-refractivity contribution in [3.05, 3.63) is 205 Å². The van der Waals surface area contributed by atoms with Crippen LogP contribution in [0, 0.1) is 0 Å². The fourth-order valence-corrected chi connectivity index (χ4v) is 8.02. The topological polar surface area (TPSA) is 4.93 Å². The van der Waals surface area contributed by atoms with Crippen LogP contribution < -0.4 is 0 Å². The van der Waals surface area contributed by atoms with Gasteiger partial charge in [-0.25, -0.2) is 0 Å². The van der Waals surface area contributed by atoms with Gasteiger partial charge in [0.1, 0.15) is 0 Å². The maximum Gasteiger partial charge on any atom is 0.0541 e. The van der Waals surface area contributed by atoms with Gasteiger partial charge >= 0.3 is 0 Å². The molecule has 0 N–H and O–H groups in total. The number of fused-ring (bicyclic) bond motifs is 7. The Labute approximate surface area is 296 Å². The van der Waals surface area contributed by atoms with Crippen molar-refractivity contribution < 1.29 is 0 Å². The van der Waals surface area contributed by atoms with E-state index in [4.69, 9.17) is 0 Å². The van der Waals surface area contributed by atoms with E-state index in [1.807, 2.05) is 35.6 Å². The molecule has 0 amide bonds. The largest absolute Gasteiger partial charge is 0.309 e. The second kappa shape index (κ2) is 13.4. The molecule has 6 aromatic carbocycles. The first-order valence-electron chi connectivity index (χ1n) is 16.8. The van der Waals surface area contributed by atoms with E-state index >= 15 is 0 Å². The number of para-hydroxylation sites is 1. The van der Waals surface area contributed by atoms with Gasteiger partial charge in [-0.05, 0) is 99.3 Å². The van der Waals surface area contributed by atoms with Crippen LogP contribution in [0.5, 0.6) is 0 Å². The first-order chi connectivity index (χ1) is 24.6. The molecule has 2 heteroatoms. The minimum atomic E-state index is 1.01. The molecule has 0 bridgehead atoms. The van der Waals surface area contributed by atoms with Crippen molar-refractivity contribution >= 4 is 82.3 Å². The van der Waals surface area contributed by atoms with Gasteiger partial charge in [0.25, 0.3) is 0 Å². The number of hydrogen-bond acceptors (Lipinski definition) is 1. The molecular formula is C48H35NS. The standard InChI is InChI=1S/C48H35NS/c1-4-7-15-38-30-36-16-8-9-17-37(36)31-39(38)29-34(6-3)35(14-5-2)24-22-33-23-26-46-43(28-33)41-18-10-12-20-45(41)49(46)40-25-27-48-44(32-40)42-19-11-13-21-47(42)50-48/h4-32H,1-3H2. The molecular weight excluding hydrogens is 623 g/mol. The molecule has 0 spiro atoms. The molecule has 0 atom stereocenters. The van der Waals surface area contributed by atoms with E-state index in [1.165, 1.54) is 58.4 Å². The van der Waals surface area contributed by atoms with Crippen LogP contribution in [-0.4, -0.2) is 4.57 Å². The van der Waals surface area contributed by atoms with E-state index in [0.717, 1.165) is 27.8 Å². The molecule has 0 saturated heterocycles. The van der Waals surface area contributed by atoms with Crippen molar-refractivity contribution in [1.29, 1.82) is 0 Å². The van der Waals surface area contributed by atoms with E-state index < -0.39 is 0 Å². The summed E-state index contributed by atoms with van der Waals surface area (Å²) in [5, 5.41) is 7.46. The van der Waals surface area contributed by atoms with Crippen LogP contribution in [0.2, 0.25) is 0 Å². The highest BCUT2D eigenvalue weighted by atomic mass is 32.1. The lowest BCUT2D eigenvalue weighted by Gasteiger charge is -2.09. The lowest BCUT2D eigenvalue weighted by Crippen LogP contribution is -1.93. The Balaban J connectivity index is 1.20. The molecule has 0 aliphatic rings. The number of aromatic nitrogens is 1. The molecule has 0 aliphatic carbocycles. The minimum Gasteiger partial charge on any atom is -0.309 e. The van der Waals surface area contributed by atoms with Crippen LogP contribution in [0.1, 0.15) is 16.7 Å². The summed E-state index contributed by atoms with van der Waals surface area (Å²) in [5.74, 6) is 0. The van der Waals surface area contributed by atoms with Crippen LogP contribution in [0.25, 0.3) is 76.7 Å². The molecule has 0 radical (unpaired) electrons. The summed E-state index contributed by atoms with van der Waals surface area (Å²) in [4.78, 5) is 0. The highest BCUT2D eigenvalue weighted by Crippen LogP contribution is 2.38. The second-order valence-electron chi connectivity index (χ2n) is 12.3. The van der Waals surface area contributed by atoms with Gasteiger partial charge in [-0.15, -0.1) is 11.3 Å². The molecule has 50 heavy (non-hydrogen) atoms. The van der Waals surface area contributed by atoms with E-state index in [0.29, 0.717) is 0 Å². The normalized spacial score (nSPS) is 12.7. The van der Waals surface area contributed by atoms with Crippen molar-refractivity contribution in [2.75, 3.05) is 0 Å². The molecule has 2 aromatic heterocycles. The number of benzene rings is 6. The molecule has 0 unspecified atom stereocenters. The highest BCUT2D eigenvalue weighted by molar-refractivity contribution is 7.25. The van der Waals surface area contributed by atoms with Gasteiger partial charge in [0, 0.05) is 36.6 Å². The summed E-state index contributed by atoms with van der Waals surface area (Å²) >= 11 is 1.85. The lowest BCUT2D eigenvalue weighted by atomic mass is 9.95. The first-order valence-corrected chi connectivity index (χ1v) is 17.6. The number of thiophene rings is 1. The summed E-state index contributed by atoms with van der Waals surface area (Å²) in [6, 6.07) is 43.9. The van der Waals surface area contributed by atoms with Gasteiger partial charge in [-0.2, -0.15) is 0 Å². The van der Waals surface area contributed by atoms with Gasteiger partial charge < -0.3 is 4.57 Å². The van der Waals surface area contributed by atoms with Crippen LogP contribution in [-0.2, 0) is 0 Å². The van der Waals surface area contributed by atoms with Crippen molar-refractivity contribution in [3.63, 3.8) is 0 Å². The van der Waals surface area contributed by atoms with E-state index in [9.17, 15) is 0 Å². The Hall–Kier alpha value is -6.22. The number of hydrogen-bond donors (Lipinski definition) is 0. The second-order valence-corrected chi connectivity index (χ2v) is 13.4. The zero-order valence-electron chi connectivity index (χ0n) is 27.7. The smallest absolute Gasteiger partial charge is 0.0541 e. The molecule has 238 valence electrons. The third-order valence-electron chi connectivity index (χ3n) is 9.30. The third-order valence-corrected chi connectivity index (χ3v) is 10.4. The number of nitrogens with zero attached hydrogens (tertiary/aromatic N) is 1. The summed E-state index contributed by atoms with van der Waals surface area (Å²) in [7, 11) is 0.